The van der Waals surface area contributed by atoms with Crippen LogP contribution < -0.4 is 5.32 Å². The summed E-state index contributed by atoms with van der Waals surface area (Å²) in [5.41, 5.74) is 8.64. The molecule has 1 saturated heterocycles. The highest BCUT2D eigenvalue weighted by Crippen LogP contribution is 2.39. The number of rotatable bonds is 12. The second-order valence-electron chi connectivity index (χ2n) is 12.9. The highest BCUT2D eigenvalue weighted by atomic mass is 16.7. The predicted molar refractivity (Wildman–Crippen MR) is 196 cm³/mol. The third-order valence-electron chi connectivity index (χ3n) is 9.16. The van der Waals surface area contributed by atoms with Crippen molar-refractivity contribution in [2.24, 2.45) is 0 Å². The number of nitrogens with zero attached hydrogens (tertiary/aromatic N) is 4. The van der Waals surface area contributed by atoms with E-state index < -0.39 is 6.29 Å². The molecule has 0 bridgehead atoms. The number of hydrogen-bond donors (Lipinski definition) is 2. The van der Waals surface area contributed by atoms with E-state index in [4.69, 9.17) is 9.47 Å². The first kappa shape index (κ1) is 34.1. The monoisotopic (exact) mass is 679 g/mol. The summed E-state index contributed by atoms with van der Waals surface area (Å²) in [5.74, 6) is -0.273. The highest BCUT2D eigenvalue weighted by molar-refractivity contribution is 5.93. The number of amides is 1. The molecule has 2 N–H and O–H groups in total. The molecule has 1 fully saturated rings. The van der Waals surface area contributed by atoms with Gasteiger partial charge < -0.3 is 24.8 Å². The van der Waals surface area contributed by atoms with Crippen molar-refractivity contribution in [2.75, 3.05) is 20.1 Å². The van der Waals surface area contributed by atoms with Crippen LogP contribution in [0.3, 0.4) is 0 Å². The molecule has 6 aromatic rings. The van der Waals surface area contributed by atoms with Gasteiger partial charge in [0.15, 0.2) is 6.29 Å². The fourth-order valence-corrected chi connectivity index (χ4v) is 6.39. The van der Waals surface area contributed by atoms with Gasteiger partial charge in [0.2, 0.25) is 0 Å². The van der Waals surface area contributed by atoms with Crippen LogP contribution in [0, 0.1) is 0 Å². The van der Waals surface area contributed by atoms with Gasteiger partial charge in [-0.1, -0.05) is 78.9 Å². The fourth-order valence-electron chi connectivity index (χ4n) is 6.39. The van der Waals surface area contributed by atoms with Gasteiger partial charge in [-0.2, -0.15) is 0 Å². The third-order valence-corrected chi connectivity index (χ3v) is 9.16. The number of aromatic nitrogens is 3. The molecular formula is C42H41N5O4. The van der Waals surface area contributed by atoms with E-state index in [1.807, 2.05) is 91.1 Å². The molecule has 3 heterocycles. The van der Waals surface area contributed by atoms with Gasteiger partial charge in [0.1, 0.15) is 5.69 Å². The van der Waals surface area contributed by atoms with Crippen LogP contribution in [0.25, 0.3) is 22.2 Å². The quantitative estimate of drug-likeness (QED) is 0.145. The van der Waals surface area contributed by atoms with Crippen molar-refractivity contribution < 1.29 is 19.4 Å². The maximum absolute atomic E-state index is 12.9. The molecule has 9 heteroatoms. The lowest BCUT2D eigenvalue weighted by atomic mass is 9.98. The molecule has 1 aliphatic rings. The van der Waals surface area contributed by atoms with Gasteiger partial charge in [-0.05, 0) is 71.3 Å². The van der Waals surface area contributed by atoms with E-state index in [1.54, 1.807) is 0 Å². The van der Waals surface area contributed by atoms with Crippen LogP contribution in [-0.4, -0.2) is 57.1 Å². The first-order valence-electron chi connectivity index (χ1n) is 17.3. The number of pyridine rings is 1. The van der Waals surface area contributed by atoms with Crippen molar-refractivity contribution in [1.82, 2.24) is 25.2 Å². The molecule has 0 saturated carbocycles. The predicted octanol–water partition coefficient (Wildman–Crippen LogP) is 6.83. The Kier molecular flexibility index (Phi) is 10.8. The Morgan fingerprint density at radius 3 is 2.41 bits per heavy atom. The lowest BCUT2D eigenvalue weighted by Gasteiger charge is -2.38. The molecule has 1 amide bonds. The topological polar surface area (TPSA) is 110 Å². The van der Waals surface area contributed by atoms with Crippen LogP contribution >= 0.6 is 0 Å². The number of carbonyl (C=O) groups is 1. The number of aliphatic hydroxyl groups excluding tert-OH is 1. The largest absolute Gasteiger partial charge is 0.392 e. The van der Waals surface area contributed by atoms with Crippen molar-refractivity contribution in [3.05, 3.63) is 161 Å². The first-order chi connectivity index (χ1) is 25.0. The summed E-state index contributed by atoms with van der Waals surface area (Å²) in [5, 5.41) is 12.6. The van der Waals surface area contributed by atoms with Gasteiger partial charge in [-0.15, -0.1) is 0 Å². The number of aliphatic hydroxyl groups is 1. The molecule has 0 aliphatic carbocycles. The summed E-state index contributed by atoms with van der Waals surface area (Å²) in [6, 6.07) is 37.9. The highest BCUT2D eigenvalue weighted by Gasteiger charge is 2.33. The normalized spacial score (nSPS) is 17.4. The molecular weight excluding hydrogens is 638 g/mol. The Labute approximate surface area is 298 Å². The zero-order chi connectivity index (χ0) is 35.0. The third kappa shape index (κ3) is 8.71. The fraction of sp³-hybridized carbons (Fsp3) is 0.238. The van der Waals surface area contributed by atoms with Crippen molar-refractivity contribution in [3.8, 4) is 11.1 Å². The zero-order valence-corrected chi connectivity index (χ0v) is 28.6. The van der Waals surface area contributed by atoms with E-state index in [9.17, 15) is 9.90 Å². The number of carbonyl (C=O) groups excluding carboxylic acids is 1. The summed E-state index contributed by atoms with van der Waals surface area (Å²) in [6.45, 7) is 1.96. The number of para-hydroxylation sites is 2. The molecule has 1 aliphatic heterocycles. The van der Waals surface area contributed by atoms with Crippen LogP contribution in [0.2, 0.25) is 0 Å². The molecule has 258 valence electrons. The molecule has 4 aromatic carbocycles. The van der Waals surface area contributed by atoms with Gasteiger partial charge >= 0.3 is 0 Å². The van der Waals surface area contributed by atoms with E-state index >= 15 is 0 Å². The molecule has 7 rings (SSSR count). The average molecular weight is 680 g/mol. The lowest BCUT2D eigenvalue weighted by Crippen LogP contribution is -2.38. The number of fused-ring (bicyclic) bond motifs is 1. The Bertz CT molecular complexity index is 2070. The van der Waals surface area contributed by atoms with Gasteiger partial charge in [0.25, 0.3) is 5.91 Å². The van der Waals surface area contributed by atoms with Crippen molar-refractivity contribution in [3.63, 3.8) is 0 Å². The summed E-state index contributed by atoms with van der Waals surface area (Å²) < 4.78 is 13.3. The van der Waals surface area contributed by atoms with Gasteiger partial charge in [-0.3, -0.25) is 14.8 Å². The Morgan fingerprint density at radius 1 is 0.824 bits per heavy atom. The first-order valence-corrected chi connectivity index (χ1v) is 17.3. The minimum atomic E-state index is -0.569. The minimum absolute atomic E-state index is 0.000726. The van der Waals surface area contributed by atoms with E-state index in [0.29, 0.717) is 18.5 Å². The van der Waals surface area contributed by atoms with Gasteiger partial charge in [0.05, 0.1) is 36.0 Å². The van der Waals surface area contributed by atoms with Gasteiger partial charge in [0, 0.05) is 49.9 Å². The molecule has 9 nitrogen and oxygen atoms in total. The molecule has 3 atom stereocenters. The van der Waals surface area contributed by atoms with Crippen LogP contribution in [0.4, 0.5) is 0 Å². The number of ether oxygens (including phenoxy) is 2. The second-order valence-corrected chi connectivity index (χ2v) is 12.9. The van der Waals surface area contributed by atoms with Crippen LogP contribution in [0.5, 0.6) is 0 Å². The minimum Gasteiger partial charge on any atom is -0.392 e. The van der Waals surface area contributed by atoms with E-state index in [-0.39, 0.29) is 30.4 Å². The van der Waals surface area contributed by atoms with E-state index in [2.05, 4.69) is 62.5 Å². The zero-order valence-electron chi connectivity index (χ0n) is 28.6. The molecule has 2 aromatic heterocycles. The number of benzene rings is 4. The summed E-state index contributed by atoms with van der Waals surface area (Å²) in [6.07, 6.45) is 4.10. The average Bonchev–Trinajstić information content (AvgIpc) is 3.19. The number of nitrogens with one attached hydrogen (secondary N) is 1. The Morgan fingerprint density at radius 2 is 1.61 bits per heavy atom. The second kappa shape index (κ2) is 16.1. The standard InChI is InChI=1S/C42H41N5O4/c1-47(21-19-35-12-4-5-20-43-35)27-36-24-40(31-17-15-29(28-48)16-18-31)51-42(50-36)34-11-7-10-33(23-34)32-9-6-8-30(22-32)25-45-41(49)39-26-44-37-13-2-3-14-38(37)46-39/h2-18,20,22-23,26,36,40,42,48H,19,21,24-25,27-28H2,1H3,(H,45,49)/t36-,40+,42+/m1/s1. The van der Waals surface area contributed by atoms with Crippen LogP contribution in [0.1, 0.15) is 57.3 Å². The van der Waals surface area contributed by atoms with E-state index in [0.717, 1.165) is 64.1 Å². The Hall–Kier alpha value is -5.32. The lowest BCUT2D eigenvalue weighted by molar-refractivity contribution is -0.252. The van der Waals surface area contributed by atoms with Crippen LogP contribution in [0.15, 0.2) is 128 Å². The molecule has 0 spiro atoms. The molecule has 0 unspecified atom stereocenters. The molecule has 51 heavy (non-hydrogen) atoms. The SMILES string of the molecule is CN(CCc1ccccn1)C[C@H]1C[C@@H](c2ccc(CO)cc2)O[C@@H](c2cccc(-c3cccc(CNC(=O)c4cnc5ccccc5n4)c3)c2)O1. The summed E-state index contributed by atoms with van der Waals surface area (Å²) >= 11 is 0. The maximum atomic E-state index is 12.9. The smallest absolute Gasteiger partial charge is 0.271 e. The maximum Gasteiger partial charge on any atom is 0.271 e. The summed E-state index contributed by atoms with van der Waals surface area (Å²) in [7, 11) is 2.12. The van der Waals surface area contributed by atoms with Crippen LogP contribution in [-0.2, 0) is 29.0 Å². The van der Waals surface area contributed by atoms with Crippen molar-refractivity contribution in [2.45, 2.75) is 44.5 Å². The number of hydrogen-bond acceptors (Lipinski definition) is 8. The van der Waals surface area contributed by atoms with Crippen molar-refractivity contribution in [1.29, 1.82) is 0 Å². The molecule has 0 radical (unpaired) electrons. The van der Waals surface area contributed by atoms with Crippen molar-refractivity contribution >= 4 is 16.9 Å². The summed E-state index contributed by atoms with van der Waals surface area (Å²) in [4.78, 5) is 28.5. The van der Waals surface area contributed by atoms with E-state index in [1.165, 1.54) is 6.20 Å². The Balaban J connectivity index is 1.06. The van der Waals surface area contributed by atoms with Gasteiger partial charge in [-0.25, -0.2) is 4.98 Å². The number of likely N-dealkylation sites (N-methyl/N-ethyl adjacent to an activating group) is 1.